The van der Waals surface area contributed by atoms with Gasteiger partial charge in [-0.25, -0.2) is 9.37 Å². The molecule has 0 unspecified atom stereocenters. The topological polar surface area (TPSA) is 25.8 Å². The van der Waals surface area contributed by atoms with Crippen molar-refractivity contribution in [1.29, 1.82) is 0 Å². The number of hydrogen-bond acceptors (Lipinski definition) is 3. The minimum Gasteiger partial charge on any atom is -0.225 e. The van der Waals surface area contributed by atoms with Gasteiger partial charge in [-0.1, -0.05) is 0 Å². The summed E-state index contributed by atoms with van der Waals surface area (Å²) in [4.78, 5) is 4.09. The Morgan fingerprint density at radius 1 is 1.29 bits per heavy atom. The first kappa shape index (κ1) is 9.21. The summed E-state index contributed by atoms with van der Waals surface area (Å²) >= 11 is 1.24. The van der Waals surface area contributed by atoms with E-state index in [9.17, 15) is 8.78 Å². The lowest BCUT2D eigenvalue weighted by molar-refractivity contribution is 0.480. The summed E-state index contributed by atoms with van der Waals surface area (Å²) in [6.07, 6.45) is 1.30. The number of pyridine rings is 1. The zero-order chi connectivity index (χ0) is 10.1. The van der Waals surface area contributed by atoms with Crippen molar-refractivity contribution in [3.63, 3.8) is 0 Å². The Bertz CT molecular complexity index is 468. The van der Waals surface area contributed by atoms with Crippen LogP contribution in [0.1, 0.15) is 5.69 Å². The van der Waals surface area contributed by atoms with E-state index in [0.717, 1.165) is 16.6 Å². The number of aryl methyl sites for hydroxylation is 1. The van der Waals surface area contributed by atoms with Gasteiger partial charge in [-0.3, -0.25) is 0 Å². The fourth-order valence-electron chi connectivity index (χ4n) is 1.06. The molecule has 0 aliphatic rings. The van der Waals surface area contributed by atoms with Crippen LogP contribution in [0, 0.1) is 18.7 Å². The maximum Gasteiger partial charge on any atom is 0.248 e. The summed E-state index contributed by atoms with van der Waals surface area (Å²) in [5.41, 5.74) is 1.41. The predicted molar refractivity (Wildman–Crippen MR) is 50.0 cm³/mol. The molecule has 72 valence electrons. The van der Waals surface area contributed by atoms with Crippen LogP contribution in [0.5, 0.6) is 0 Å². The molecule has 0 aliphatic carbocycles. The highest BCUT2D eigenvalue weighted by atomic mass is 32.1. The number of halogens is 2. The average molecular weight is 212 g/mol. The van der Waals surface area contributed by atoms with E-state index in [4.69, 9.17) is 0 Å². The second-order valence-corrected chi connectivity index (χ2v) is 3.63. The lowest BCUT2D eigenvalue weighted by Crippen LogP contribution is -1.88. The molecule has 2 aromatic heterocycles. The molecule has 0 aromatic carbocycles. The van der Waals surface area contributed by atoms with E-state index in [2.05, 4.69) is 9.36 Å². The highest BCUT2D eigenvalue weighted by Crippen LogP contribution is 2.24. The lowest BCUT2D eigenvalue weighted by Gasteiger charge is -1.96. The molecule has 0 saturated carbocycles. The SMILES string of the molecule is Cc1cc(-c2cnc(F)c(F)c2)sn1. The normalized spacial score (nSPS) is 10.5. The van der Waals surface area contributed by atoms with Crippen molar-refractivity contribution in [1.82, 2.24) is 9.36 Å². The highest BCUT2D eigenvalue weighted by Gasteiger charge is 2.07. The zero-order valence-electron chi connectivity index (χ0n) is 7.29. The van der Waals surface area contributed by atoms with Gasteiger partial charge in [0.15, 0.2) is 5.82 Å². The highest BCUT2D eigenvalue weighted by molar-refractivity contribution is 7.09. The zero-order valence-corrected chi connectivity index (χ0v) is 8.11. The number of nitrogens with zero attached hydrogens (tertiary/aromatic N) is 2. The molecule has 0 N–H and O–H groups in total. The molecule has 14 heavy (non-hydrogen) atoms. The van der Waals surface area contributed by atoms with Gasteiger partial charge in [-0.2, -0.15) is 8.76 Å². The van der Waals surface area contributed by atoms with Gasteiger partial charge in [-0.15, -0.1) is 0 Å². The van der Waals surface area contributed by atoms with Gasteiger partial charge in [0.25, 0.3) is 0 Å². The van der Waals surface area contributed by atoms with Crippen molar-refractivity contribution in [2.24, 2.45) is 0 Å². The van der Waals surface area contributed by atoms with Crippen LogP contribution in [-0.2, 0) is 0 Å². The first-order valence-electron chi connectivity index (χ1n) is 3.91. The largest absolute Gasteiger partial charge is 0.248 e. The van der Waals surface area contributed by atoms with E-state index in [1.165, 1.54) is 17.7 Å². The summed E-state index contributed by atoms with van der Waals surface area (Å²) in [7, 11) is 0. The van der Waals surface area contributed by atoms with Crippen LogP contribution in [0.15, 0.2) is 18.3 Å². The van der Waals surface area contributed by atoms with Crippen LogP contribution >= 0.6 is 11.5 Å². The molecule has 0 radical (unpaired) electrons. The molecule has 0 bridgehead atoms. The van der Waals surface area contributed by atoms with Crippen molar-refractivity contribution in [3.8, 4) is 10.4 Å². The first-order chi connectivity index (χ1) is 6.66. The number of aromatic nitrogens is 2. The lowest BCUT2D eigenvalue weighted by atomic mass is 10.2. The smallest absolute Gasteiger partial charge is 0.225 e. The quantitative estimate of drug-likeness (QED) is 0.679. The van der Waals surface area contributed by atoms with Crippen LogP contribution in [0.3, 0.4) is 0 Å². The minimum absolute atomic E-state index is 0.550. The summed E-state index contributed by atoms with van der Waals surface area (Å²) < 4.78 is 29.4. The Hall–Kier alpha value is -1.36. The van der Waals surface area contributed by atoms with Crippen molar-refractivity contribution < 1.29 is 8.78 Å². The molecule has 2 aromatic rings. The third-order valence-corrected chi connectivity index (χ3v) is 2.64. The van der Waals surface area contributed by atoms with Crippen LogP contribution in [-0.4, -0.2) is 9.36 Å². The van der Waals surface area contributed by atoms with E-state index >= 15 is 0 Å². The average Bonchev–Trinajstić information content (AvgIpc) is 2.57. The van der Waals surface area contributed by atoms with Crippen molar-refractivity contribution in [2.75, 3.05) is 0 Å². The molecule has 0 spiro atoms. The number of rotatable bonds is 1. The molecule has 2 nitrogen and oxygen atoms in total. The second kappa shape index (κ2) is 3.42. The standard InChI is InChI=1S/C9H6F2N2S/c1-5-2-8(14-13-5)6-3-7(10)9(11)12-4-6/h2-4H,1H3. The Balaban J connectivity index is 2.47. The fourth-order valence-corrected chi connectivity index (χ4v) is 1.79. The molecular weight excluding hydrogens is 206 g/mol. The van der Waals surface area contributed by atoms with Gasteiger partial charge in [0.1, 0.15) is 0 Å². The van der Waals surface area contributed by atoms with E-state index in [0.29, 0.717) is 5.56 Å². The minimum atomic E-state index is -1.07. The Kier molecular flexibility index (Phi) is 2.25. The second-order valence-electron chi connectivity index (χ2n) is 2.83. The molecule has 2 rings (SSSR count). The van der Waals surface area contributed by atoms with Gasteiger partial charge in [0.05, 0.1) is 10.6 Å². The Morgan fingerprint density at radius 2 is 2.07 bits per heavy atom. The van der Waals surface area contributed by atoms with Gasteiger partial charge in [0, 0.05) is 11.8 Å². The summed E-state index contributed by atoms with van der Waals surface area (Å²) in [6, 6.07) is 2.92. The van der Waals surface area contributed by atoms with Gasteiger partial charge >= 0.3 is 0 Å². The maximum atomic E-state index is 12.8. The summed E-state index contributed by atoms with van der Waals surface area (Å²) in [5.74, 6) is -2.01. The van der Waals surface area contributed by atoms with Gasteiger partial charge < -0.3 is 0 Å². The van der Waals surface area contributed by atoms with E-state index in [1.807, 2.05) is 6.92 Å². The van der Waals surface area contributed by atoms with Gasteiger partial charge in [0.2, 0.25) is 5.95 Å². The molecule has 0 saturated heterocycles. The predicted octanol–water partition coefficient (Wildman–Crippen LogP) is 2.79. The molecule has 0 amide bonds. The van der Waals surface area contributed by atoms with Crippen LogP contribution in [0.2, 0.25) is 0 Å². The molecule has 2 heterocycles. The third-order valence-electron chi connectivity index (χ3n) is 1.71. The Morgan fingerprint density at radius 3 is 2.64 bits per heavy atom. The Labute approximate surface area is 83.4 Å². The summed E-state index contributed by atoms with van der Waals surface area (Å²) in [6.45, 7) is 1.84. The molecule has 5 heteroatoms. The van der Waals surface area contributed by atoms with Crippen molar-refractivity contribution >= 4 is 11.5 Å². The monoisotopic (exact) mass is 212 g/mol. The van der Waals surface area contributed by atoms with Crippen molar-refractivity contribution in [3.05, 3.63) is 35.8 Å². The molecular formula is C9H6F2N2S. The summed E-state index contributed by atoms with van der Waals surface area (Å²) in [5, 5.41) is 0. The molecule has 0 atom stereocenters. The van der Waals surface area contributed by atoms with Crippen molar-refractivity contribution in [2.45, 2.75) is 6.92 Å². The first-order valence-corrected chi connectivity index (χ1v) is 4.69. The third kappa shape index (κ3) is 1.63. The van der Waals surface area contributed by atoms with Gasteiger partial charge in [-0.05, 0) is 30.6 Å². The fraction of sp³-hybridized carbons (Fsp3) is 0.111. The maximum absolute atomic E-state index is 12.8. The van der Waals surface area contributed by atoms with E-state index in [-0.39, 0.29) is 0 Å². The van der Waals surface area contributed by atoms with E-state index < -0.39 is 11.8 Å². The van der Waals surface area contributed by atoms with Crippen LogP contribution in [0.25, 0.3) is 10.4 Å². The van der Waals surface area contributed by atoms with E-state index in [1.54, 1.807) is 6.07 Å². The molecule has 0 fully saturated rings. The van der Waals surface area contributed by atoms with Crippen LogP contribution in [0.4, 0.5) is 8.78 Å². The molecule has 0 aliphatic heterocycles. The number of hydrogen-bond donors (Lipinski definition) is 0. The van der Waals surface area contributed by atoms with Crippen LogP contribution < -0.4 is 0 Å².